The van der Waals surface area contributed by atoms with Gasteiger partial charge in [-0.2, -0.15) is 0 Å². The molecular weight excluding hydrogens is 280 g/mol. The Balaban J connectivity index is 1.78. The molecule has 0 radical (unpaired) electrons. The first-order chi connectivity index (χ1) is 10.7. The van der Waals surface area contributed by atoms with Crippen LogP contribution in [0.4, 0.5) is 5.82 Å². The van der Waals surface area contributed by atoms with Gasteiger partial charge in [0.15, 0.2) is 0 Å². The molecule has 1 aromatic rings. The zero-order valence-electron chi connectivity index (χ0n) is 13.5. The van der Waals surface area contributed by atoms with Crippen molar-refractivity contribution in [3.63, 3.8) is 0 Å². The van der Waals surface area contributed by atoms with Gasteiger partial charge in [-0.05, 0) is 38.6 Å². The summed E-state index contributed by atoms with van der Waals surface area (Å²) < 4.78 is 5.54. The van der Waals surface area contributed by atoms with Crippen LogP contribution in [0.15, 0.2) is 18.3 Å². The fourth-order valence-corrected chi connectivity index (χ4v) is 2.45. The van der Waals surface area contributed by atoms with Gasteiger partial charge in [0.05, 0.1) is 12.7 Å². The molecule has 2 rings (SSSR count). The first-order valence-corrected chi connectivity index (χ1v) is 7.92. The summed E-state index contributed by atoms with van der Waals surface area (Å²) in [4.78, 5) is 18.4. The minimum Gasteiger partial charge on any atom is -0.375 e. The lowest BCUT2D eigenvalue weighted by Crippen LogP contribution is -2.41. The van der Waals surface area contributed by atoms with E-state index in [1.54, 1.807) is 0 Å². The quantitative estimate of drug-likeness (QED) is 0.734. The Kier molecular flexibility index (Phi) is 6.61. The van der Waals surface area contributed by atoms with Gasteiger partial charge in [0.2, 0.25) is 5.91 Å². The van der Waals surface area contributed by atoms with Crippen LogP contribution in [0.25, 0.3) is 0 Å². The van der Waals surface area contributed by atoms with Crippen LogP contribution < -0.4 is 15.5 Å². The van der Waals surface area contributed by atoms with E-state index in [1.165, 1.54) is 0 Å². The number of amides is 1. The van der Waals surface area contributed by atoms with Crippen LogP contribution in [0.1, 0.15) is 25.3 Å². The second kappa shape index (κ2) is 8.70. The van der Waals surface area contributed by atoms with Crippen molar-refractivity contribution in [1.29, 1.82) is 0 Å². The molecule has 1 aliphatic heterocycles. The van der Waals surface area contributed by atoms with E-state index in [4.69, 9.17) is 4.74 Å². The molecule has 122 valence electrons. The number of hydrogen-bond donors (Lipinski definition) is 2. The van der Waals surface area contributed by atoms with E-state index in [1.807, 2.05) is 25.4 Å². The van der Waals surface area contributed by atoms with Gasteiger partial charge >= 0.3 is 0 Å². The van der Waals surface area contributed by atoms with Crippen molar-refractivity contribution in [2.75, 3.05) is 38.2 Å². The average Bonchev–Trinajstić information content (AvgIpc) is 2.54. The van der Waals surface area contributed by atoms with Crippen molar-refractivity contribution in [3.8, 4) is 0 Å². The highest BCUT2D eigenvalue weighted by atomic mass is 16.5. The van der Waals surface area contributed by atoms with Crippen molar-refractivity contribution in [1.82, 2.24) is 15.6 Å². The van der Waals surface area contributed by atoms with E-state index < -0.39 is 0 Å². The molecule has 2 N–H and O–H groups in total. The summed E-state index contributed by atoms with van der Waals surface area (Å²) in [7, 11) is 1.89. The third-order valence-electron chi connectivity index (χ3n) is 3.69. The van der Waals surface area contributed by atoms with Crippen molar-refractivity contribution < 1.29 is 9.53 Å². The summed E-state index contributed by atoms with van der Waals surface area (Å²) in [5.74, 6) is 1.06. The topological polar surface area (TPSA) is 66.5 Å². The van der Waals surface area contributed by atoms with Crippen LogP contribution in [-0.2, 0) is 16.1 Å². The normalized spacial score (nSPS) is 18.3. The van der Waals surface area contributed by atoms with E-state index in [0.717, 1.165) is 44.0 Å². The van der Waals surface area contributed by atoms with E-state index in [9.17, 15) is 4.79 Å². The molecule has 0 bridgehead atoms. The van der Waals surface area contributed by atoms with Gasteiger partial charge in [-0.15, -0.1) is 0 Å². The molecule has 1 amide bonds. The van der Waals surface area contributed by atoms with Gasteiger partial charge in [-0.1, -0.05) is 6.07 Å². The molecule has 0 saturated carbocycles. The number of rotatable bonds is 7. The van der Waals surface area contributed by atoms with Gasteiger partial charge in [0.1, 0.15) is 5.82 Å². The van der Waals surface area contributed by atoms with Crippen LogP contribution in [0.5, 0.6) is 0 Å². The molecule has 1 atom stereocenters. The summed E-state index contributed by atoms with van der Waals surface area (Å²) >= 11 is 0. The zero-order valence-corrected chi connectivity index (χ0v) is 13.5. The van der Waals surface area contributed by atoms with E-state index in [2.05, 4.69) is 27.4 Å². The molecule has 0 aromatic carbocycles. The summed E-state index contributed by atoms with van der Waals surface area (Å²) in [6.07, 6.45) is 3.49. The maximum Gasteiger partial charge on any atom is 0.220 e. The third-order valence-corrected chi connectivity index (χ3v) is 3.69. The number of hydrogen-bond acceptors (Lipinski definition) is 5. The average molecular weight is 306 g/mol. The molecule has 1 unspecified atom stereocenters. The Morgan fingerprint density at radius 2 is 2.36 bits per heavy atom. The van der Waals surface area contributed by atoms with E-state index >= 15 is 0 Å². The number of nitrogens with one attached hydrogen (secondary N) is 2. The number of morpholine rings is 1. The molecule has 1 aliphatic rings. The molecule has 2 heterocycles. The lowest BCUT2D eigenvalue weighted by atomic mass is 10.2. The van der Waals surface area contributed by atoms with Crippen molar-refractivity contribution in [2.45, 2.75) is 32.4 Å². The number of nitrogens with zero attached hydrogens (tertiary/aromatic N) is 2. The lowest BCUT2D eigenvalue weighted by Gasteiger charge is -2.32. The summed E-state index contributed by atoms with van der Waals surface area (Å²) in [6, 6.07) is 4.04. The van der Waals surface area contributed by atoms with Gasteiger partial charge < -0.3 is 20.3 Å². The van der Waals surface area contributed by atoms with Gasteiger partial charge in [0.25, 0.3) is 0 Å². The third kappa shape index (κ3) is 5.27. The van der Waals surface area contributed by atoms with Gasteiger partial charge in [0, 0.05) is 32.3 Å². The largest absolute Gasteiger partial charge is 0.375 e. The van der Waals surface area contributed by atoms with Crippen molar-refractivity contribution in [2.24, 2.45) is 0 Å². The number of aromatic nitrogens is 1. The molecule has 6 heteroatoms. The molecule has 1 aromatic heterocycles. The minimum atomic E-state index is 0.0846. The number of anilines is 1. The molecule has 1 fully saturated rings. The number of ether oxygens (including phenoxy) is 1. The highest BCUT2D eigenvalue weighted by Crippen LogP contribution is 2.15. The van der Waals surface area contributed by atoms with Crippen molar-refractivity contribution in [3.05, 3.63) is 23.9 Å². The van der Waals surface area contributed by atoms with Crippen LogP contribution in [0, 0.1) is 0 Å². The predicted octanol–water partition coefficient (Wildman–Crippen LogP) is 0.923. The monoisotopic (exact) mass is 306 g/mol. The Labute approximate surface area is 132 Å². The molecule has 1 saturated heterocycles. The Hall–Kier alpha value is -1.66. The Morgan fingerprint density at radius 3 is 3.05 bits per heavy atom. The fourth-order valence-electron chi connectivity index (χ4n) is 2.45. The summed E-state index contributed by atoms with van der Waals surface area (Å²) in [5, 5.41) is 5.96. The zero-order chi connectivity index (χ0) is 15.8. The highest BCUT2D eigenvalue weighted by molar-refractivity contribution is 5.75. The summed E-state index contributed by atoms with van der Waals surface area (Å²) in [5.41, 5.74) is 1.02. The van der Waals surface area contributed by atoms with Gasteiger partial charge in [-0.3, -0.25) is 4.79 Å². The van der Waals surface area contributed by atoms with Crippen LogP contribution >= 0.6 is 0 Å². The smallest absolute Gasteiger partial charge is 0.220 e. The van der Waals surface area contributed by atoms with Crippen LogP contribution in [0.3, 0.4) is 0 Å². The minimum absolute atomic E-state index is 0.0846. The second-order valence-corrected chi connectivity index (χ2v) is 5.64. The molecule has 22 heavy (non-hydrogen) atoms. The van der Waals surface area contributed by atoms with Crippen LogP contribution in [0.2, 0.25) is 0 Å². The highest BCUT2D eigenvalue weighted by Gasteiger charge is 2.17. The first-order valence-electron chi connectivity index (χ1n) is 7.92. The fraction of sp³-hybridized carbons (Fsp3) is 0.625. The summed E-state index contributed by atoms with van der Waals surface area (Å²) in [6.45, 7) is 5.96. The SMILES string of the molecule is CNCCCC(=O)NCc1ccc(N2CCOC(C)C2)nc1. The predicted molar refractivity (Wildman–Crippen MR) is 86.9 cm³/mol. The Morgan fingerprint density at radius 1 is 1.50 bits per heavy atom. The maximum absolute atomic E-state index is 11.7. The van der Waals surface area contributed by atoms with Gasteiger partial charge in [-0.25, -0.2) is 4.98 Å². The molecule has 0 spiro atoms. The number of carbonyl (C=O) groups is 1. The lowest BCUT2D eigenvalue weighted by molar-refractivity contribution is -0.121. The second-order valence-electron chi connectivity index (χ2n) is 5.64. The van der Waals surface area contributed by atoms with Crippen LogP contribution in [-0.4, -0.2) is 50.3 Å². The molecule has 0 aliphatic carbocycles. The van der Waals surface area contributed by atoms with E-state index in [-0.39, 0.29) is 12.0 Å². The Bertz CT molecular complexity index is 464. The van der Waals surface area contributed by atoms with E-state index in [0.29, 0.717) is 13.0 Å². The number of pyridine rings is 1. The standard InChI is InChI=1S/C16H26N4O2/c1-13-12-20(8-9-22-13)15-6-5-14(10-18-15)11-19-16(21)4-3-7-17-2/h5-6,10,13,17H,3-4,7-9,11-12H2,1-2H3,(H,19,21). The number of carbonyl (C=O) groups excluding carboxylic acids is 1. The maximum atomic E-state index is 11.7. The first kappa shape index (κ1) is 16.7. The molecule has 6 nitrogen and oxygen atoms in total. The van der Waals surface area contributed by atoms with Crippen molar-refractivity contribution >= 4 is 11.7 Å². The molecular formula is C16H26N4O2.